The summed E-state index contributed by atoms with van der Waals surface area (Å²) in [5, 5.41) is 0. The molecule has 0 radical (unpaired) electrons. The molecular weight excluding hydrogens is 338 g/mol. The van der Waals surface area contributed by atoms with Gasteiger partial charge in [0.1, 0.15) is 5.75 Å². The van der Waals surface area contributed by atoms with E-state index < -0.39 is 0 Å². The SMILES string of the molecule is COc1cc(-c2cn(C)c(=O)c(C)c2C)ccc1CN1C[C@@H]2C[C@H]1CN2C. The van der Waals surface area contributed by atoms with Crippen LogP contribution in [0.4, 0.5) is 0 Å². The van der Waals surface area contributed by atoms with E-state index in [4.69, 9.17) is 4.74 Å². The van der Waals surface area contributed by atoms with E-state index in [0.29, 0.717) is 12.1 Å². The molecule has 1 aromatic heterocycles. The first-order valence-corrected chi connectivity index (χ1v) is 9.67. The molecule has 0 N–H and O–H groups in total. The molecule has 2 aliphatic rings. The highest BCUT2D eigenvalue weighted by Crippen LogP contribution is 2.34. The van der Waals surface area contributed by atoms with Gasteiger partial charge in [-0.15, -0.1) is 0 Å². The Labute approximate surface area is 161 Å². The number of fused-ring (bicyclic) bond motifs is 2. The molecule has 2 aliphatic heterocycles. The molecule has 5 heteroatoms. The van der Waals surface area contributed by atoms with Crippen LogP contribution in [0.2, 0.25) is 0 Å². The predicted octanol–water partition coefficient (Wildman–Crippen LogP) is 2.57. The molecule has 0 spiro atoms. The van der Waals surface area contributed by atoms with Gasteiger partial charge in [-0.05, 0) is 44.5 Å². The lowest BCUT2D eigenvalue weighted by Crippen LogP contribution is -2.43. The normalized spacial score (nSPS) is 22.6. The summed E-state index contributed by atoms with van der Waals surface area (Å²) in [5.41, 5.74) is 5.31. The lowest BCUT2D eigenvalue weighted by atomic mass is 9.98. The molecule has 2 atom stereocenters. The van der Waals surface area contributed by atoms with E-state index >= 15 is 0 Å². The highest BCUT2D eigenvalue weighted by molar-refractivity contribution is 5.69. The van der Waals surface area contributed by atoms with E-state index in [-0.39, 0.29) is 5.56 Å². The number of piperazine rings is 1. The van der Waals surface area contributed by atoms with Gasteiger partial charge in [0.25, 0.3) is 5.56 Å². The van der Waals surface area contributed by atoms with E-state index in [1.54, 1.807) is 11.7 Å². The van der Waals surface area contributed by atoms with E-state index in [0.717, 1.165) is 41.1 Å². The van der Waals surface area contributed by atoms with Crippen LogP contribution < -0.4 is 10.3 Å². The first-order valence-electron chi connectivity index (χ1n) is 9.67. The summed E-state index contributed by atoms with van der Waals surface area (Å²) in [5.74, 6) is 0.925. The number of hydrogen-bond donors (Lipinski definition) is 0. The fourth-order valence-electron chi connectivity index (χ4n) is 4.67. The molecule has 144 valence electrons. The first-order chi connectivity index (χ1) is 12.9. The summed E-state index contributed by atoms with van der Waals surface area (Å²) < 4.78 is 7.40. The van der Waals surface area contributed by atoms with Crippen LogP contribution in [-0.2, 0) is 13.6 Å². The van der Waals surface area contributed by atoms with Gasteiger partial charge in [-0.2, -0.15) is 0 Å². The Morgan fingerprint density at radius 1 is 1.11 bits per heavy atom. The number of aryl methyl sites for hydroxylation is 1. The Balaban J connectivity index is 1.64. The van der Waals surface area contributed by atoms with Gasteiger partial charge < -0.3 is 14.2 Å². The molecule has 0 amide bonds. The van der Waals surface area contributed by atoms with Crippen molar-refractivity contribution >= 4 is 0 Å². The second kappa shape index (κ2) is 6.80. The van der Waals surface area contributed by atoms with Crippen LogP contribution in [-0.4, -0.2) is 53.7 Å². The third-order valence-electron chi connectivity index (χ3n) is 6.53. The summed E-state index contributed by atoms with van der Waals surface area (Å²) in [7, 11) is 5.78. The Morgan fingerprint density at radius 2 is 1.89 bits per heavy atom. The average molecular weight is 367 g/mol. The lowest BCUT2D eigenvalue weighted by molar-refractivity contribution is 0.142. The van der Waals surface area contributed by atoms with Gasteiger partial charge >= 0.3 is 0 Å². The number of hydrogen-bond acceptors (Lipinski definition) is 4. The summed E-state index contributed by atoms with van der Waals surface area (Å²) in [4.78, 5) is 17.2. The van der Waals surface area contributed by atoms with Gasteiger partial charge in [-0.1, -0.05) is 12.1 Å². The van der Waals surface area contributed by atoms with Gasteiger partial charge in [0.05, 0.1) is 7.11 Å². The lowest BCUT2D eigenvalue weighted by Gasteiger charge is -2.32. The zero-order valence-electron chi connectivity index (χ0n) is 17.0. The van der Waals surface area contributed by atoms with Crippen molar-refractivity contribution < 1.29 is 4.74 Å². The highest BCUT2D eigenvalue weighted by Gasteiger charge is 2.41. The Kier molecular flexibility index (Phi) is 4.60. The summed E-state index contributed by atoms with van der Waals surface area (Å²) in [6.07, 6.45) is 3.21. The Hall–Kier alpha value is -2.11. The first kappa shape index (κ1) is 18.3. The molecule has 0 unspecified atom stereocenters. The predicted molar refractivity (Wildman–Crippen MR) is 108 cm³/mol. The number of rotatable bonds is 4. The largest absolute Gasteiger partial charge is 0.496 e. The van der Waals surface area contributed by atoms with Crippen molar-refractivity contribution in [2.45, 2.75) is 38.9 Å². The minimum atomic E-state index is 0.0638. The fourth-order valence-corrected chi connectivity index (χ4v) is 4.67. The molecule has 2 bridgehead atoms. The molecule has 2 fully saturated rings. The summed E-state index contributed by atoms with van der Waals surface area (Å²) in [6.45, 7) is 7.16. The van der Waals surface area contributed by atoms with Crippen molar-refractivity contribution in [1.29, 1.82) is 0 Å². The summed E-state index contributed by atoms with van der Waals surface area (Å²) >= 11 is 0. The van der Waals surface area contributed by atoms with E-state index in [9.17, 15) is 4.79 Å². The molecule has 5 nitrogen and oxygen atoms in total. The fraction of sp³-hybridized carbons (Fsp3) is 0.500. The monoisotopic (exact) mass is 367 g/mol. The molecule has 1 aromatic carbocycles. The van der Waals surface area contributed by atoms with Crippen molar-refractivity contribution in [2.75, 3.05) is 27.2 Å². The Morgan fingerprint density at radius 3 is 2.52 bits per heavy atom. The number of nitrogens with zero attached hydrogens (tertiary/aromatic N) is 3. The molecule has 2 aromatic rings. The van der Waals surface area contributed by atoms with Gasteiger partial charge in [-0.3, -0.25) is 9.69 Å². The Bertz CT molecular complexity index is 932. The third kappa shape index (κ3) is 3.09. The molecule has 2 saturated heterocycles. The highest BCUT2D eigenvalue weighted by atomic mass is 16.5. The third-order valence-corrected chi connectivity index (χ3v) is 6.53. The zero-order valence-corrected chi connectivity index (χ0v) is 17.0. The minimum Gasteiger partial charge on any atom is -0.496 e. The number of likely N-dealkylation sites (N-methyl/N-ethyl adjacent to an activating group) is 1. The number of likely N-dealkylation sites (tertiary alicyclic amines) is 2. The number of aromatic nitrogens is 1. The van der Waals surface area contributed by atoms with E-state index in [1.807, 2.05) is 27.1 Å². The van der Waals surface area contributed by atoms with Gasteiger partial charge in [0.2, 0.25) is 0 Å². The minimum absolute atomic E-state index is 0.0638. The number of methoxy groups -OCH3 is 1. The van der Waals surface area contributed by atoms with Crippen LogP contribution in [0.5, 0.6) is 5.75 Å². The molecule has 0 saturated carbocycles. The van der Waals surface area contributed by atoms with Crippen LogP contribution in [0.3, 0.4) is 0 Å². The van der Waals surface area contributed by atoms with Gasteiger partial charge in [0.15, 0.2) is 0 Å². The molecule has 27 heavy (non-hydrogen) atoms. The van der Waals surface area contributed by atoms with E-state index in [1.165, 1.54) is 18.5 Å². The van der Waals surface area contributed by atoms with Crippen molar-refractivity contribution in [3.05, 3.63) is 51.4 Å². The van der Waals surface area contributed by atoms with Crippen molar-refractivity contribution in [3.63, 3.8) is 0 Å². The maximum Gasteiger partial charge on any atom is 0.253 e. The standard InChI is InChI=1S/C22H29N3O2/c1-14-15(2)22(26)24(4)13-20(14)16-6-7-17(21(8-16)27-5)10-25-12-18-9-19(25)11-23(18)3/h6-8,13,18-19H,9-12H2,1-5H3/t18-,19-/m0/s1. The van der Waals surface area contributed by atoms with Crippen LogP contribution in [0.1, 0.15) is 23.1 Å². The van der Waals surface area contributed by atoms with Crippen molar-refractivity contribution in [2.24, 2.45) is 7.05 Å². The quantitative estimate of drug-likeness (QED) is 0.832. The van der Waals surface area contributed by atoms with Gasteiger partial charge in [0, 0.05) is 61.7 Å². The van der Waals surface area contributed by atoms with Crippen molar-refractivity contribution in [1.82, 2.24) is 14.4 Å². The van der Waals surface area contributed by atoms with Crippen LogP contribution in [0.15, 0.2) is 29.2 Å². The second-order valence-corrected chi connectivity index (χ2v) is 8.15. The number of ether oxygens (including phenoxy) is 1. The zero-order chi connectivity index (χ0) is 19.3. The van der Waals surface area contributed by atoms with Crippen molar-refractivity contribution in [3.8, 4) is 16.9 Å². The summed E-state index contributed by atoms with van der Waals surface area (Å²) in [6, 6.07) is 7.82. The molecule has 3 heterocycles. The van der Waals surface area contributed by atoms with E-state index in [2.05, 4.69) is 35.0 Å². The van der Waals surface area contributed by atoms with Crippen LogP contribution in [0, 0.1) is 13.8 Å². The van der Waals surface area contributed by atoms with Gasteiger partial charge in [-0.25, -0.2) is 0 Å². The smallest absolute Gasteiger partial charge is 0.253 e. The van der Waals surface area contributed by atoms with Crippen LogP contribution in [0.25, 0.3) is 11.1 Å². The van der Waals surface area contributed by atoms with Crippen LogP contribution >= 0.6 is 0 Å². The maximum absolute atomic E-state index is 12.2. The topological polar surface area (TPSA) is 37.7 Å². The molecular formula is C22H29N3O2. The second-order valence-electron chi connectivity index (χ2n) is 8.15. The average Bonchev–Trinajstić information content (AvgIpc) is 3.22. The maximum atomic E-state index is 12.2. The molecule has 0 aliphatic carbocycles. The molecule has 4 rings (SSSR count). The number of benzene rings is 1. The number of pyridine rings is 1.